The molecule has 2 aromatic heterocycles. The number of rotatable bonds is 4. The first kappa shape index (κ1) is 31.2. The minimum Gasteiger partial charge on any atom is -0.255 e. The molecule has 0 fully saturated rings. The second-order valence-electron chi connectivity index (χ2n) is 14.2. The third-order valence-electron chi connectivity index (χ3n) is 11.3. The van der Waals surface area contributed by atoms with E-state index in [0.29, 0.717) is 0 Å². The number of hydrogen-bond donors (Lipinski definition) is 0. The molecule has 3 aliphatic rings. The van der Waals surface area contributed by atoms with Crippen LogP contribution in [0.2, 0.25) is 0 Å². The standard InChI is InChI=1S/C50H33N3S/c1-2-14-33(15-3-1)49-52-44(31-45(53-49)43-22-10-11-28-51-43)36-17-12-16-34(29-36)35-25-26-41-47(30-35)54-46-23-9-8-21-40(46)50(41)39-20-7-6-19-38(39)48-37-18-5-4-13-32(37)24-27-42(48)50/h1-2,4-14,16-31H,3,15H2. The summed E-state index contributed by atoms with van der Waals surface area (Å²) in [5.41, 5.74) is 14.8. The zero-order valence-corrected chi connectivity index (χ0v) is 30.2. The number of fused-ring (bicyclic) bond motifs is 11. The fraction of sp³-hybridized carbons (Fsp3) is 0.0600. The van der Waals surface area contributed by atoms with Crippen molar-refractivity contribution in [2.24, 2.45) is 0 Å². The summed E-state index contributed by atoms with van der Waals surface area (Å²) >= 11 is 1.88. The number of pyridine rings is 1. The van der Waals surface area contributed by atoms with Crippen molar-refractivity contribution in [3.63, 3.8) is 0 Å². The van der Waals surface area contributed by atoms with Crippen LogP contribution in [0.5, 0.6) is 0 Å². The molecule has 0 saturated heterocycles. The zero-order chi connectivity index (χ0) is 35.6. The molecule has 11 rings (SSSR count). The summed E-state index contributed by atoms with van der Waals surface area (Å²) in [6.07, 6.45) is 10.2. The molecule has 0 amide bonds. The van der Waals surface area contributed by atoms with E-state index in [-0.39, 0.29) is 0 Å². The molecule has 3 nitrogen and oxygen atoms in total. The molecule has 0 N–H and O–H groups in total. The van der Waals surface area contributed by atoms with Crippen LogP contribution in [0.15, 0.2) is 186 Å². The highest BCUT2D eigenvalue weighted by atomic mass is 32.2. The molecule has 1 unspecified atom stereocenters. The first-order valence-electron chi connectivity index (χ1n) is 18.6. The average molecular weight is 708 g/mol. The second-order valence-corrected chi connectivity index (χ2v) is 15.3. The predicted molar refractivity (Wildman–Crippen MR) is 221 cm³/mol. The molecule has 0 radical (unpaired) electrons. The molecule has 2 aliphatic carbocycles. The van der Waals surface area contributed by atoms with Gasteiger partial charge in [-0.3, -0.25) is 4.98 Å². The number of allylic oxidation sites excluding steroid dienone is 4. The summed E-state index contributed by atoms with van der Waals surface area (Å²) in [7, 11) is 0. The highest BCUT2D eigenvalue weighted by molar-refractivity contribution is 7.99. The van der Waals surface area contributed by atoms with Gasteiger partial charge >= 0.3 is 0 Å². The van der Waals surface area contributed by atoms with Crippen molar-refractivity contribution in [1.29, 1.82) is 0 Å². The molecule has 1 spiro atoms. The lowest BCUT2D eigenvalue weighted by molar-refractivity contribution is 0.723. The van der Waals surface area contributed by atoms with Crippen LogP contribution in [0.25, 0.3) is 61.2 Å². The Hall–Kier alpha value is -6.36. The van der Waals surface area contributed by atoms with E-state index >= 15 is 0 Å². The Labute approximate surface area is 318 Å². The third-order valence-corrected chi connectivity index (χ3v) is 12.4. The van der Waals surface area contributed by atoms with E-state index in [9.17, 15) is 0 Å². The smallest absolute Gasteiger partial charge is 0.156 e. The average Bonchev–Trinajstić information content (AvgIpc) is 3.55. The molecule has 8 aromatic rings. The zero-order valence-electron chi connectivity index (χ0n) is 29.4. The Morgan fingerprint density at radius 2 is 1.31 bits per heavy atom. The molecular weight excluding hydrogens is 675 g/mol. The van der Waals surface area contributed by atoms with Crippen LogP contribution in [0, 0.1) is 0 Å². The maximum absolute atomic E-state index is 5.15. The van der Waals surface area contributed by atoms with Gasteiger partial charge in [-0.25, -0.2) is 9.97 Å². The normalized spacial score (nSPS) is 16.4. The first-order valence-corrected chi connectivity index (χ1v) is 19.4. The lowest BCUT2D eigenvalue weighted by atomic mass is 9.67. The molecule has 54 heavy (non-hydrogen) atoms. The molecule has 1 aliphatic heterocycles. The van der Waals surface area contributed by atoms with Crippen molar-refractivity contribution in [3.05, 3.63) is 204 Å². The maximum Gasteiger partial charge on any atom is 0.156 e. The summed E-state index contributed by atoms with van der Waals surface area (Å²) < 4.78 is 0. The van der Waals surface area contributed by atoms with Crippen molar-refractivity contribution in [2.75, 3.05) is 0 Å². The van der Waals surface area contributed by atoms with E-state index in [1.54, 1.807) is 0 Å². The van der Waals surface area contributed by atoms with Gasteiger partial charge in [-0.05, 0) is 110 Å². The fourth-order valence-corrected chi connectivity index (χ4v) is 10.1. The molecule has 4 heteroatoms. The summed E-state index contributed by atoms with van der Waals surface area (Å²) in [4.78, 5) is 17.4. The SMILES string of the molecule is C1=CCCC(c2nc(-c3cccc(-c4ccc5c(c4)Sc4ccccc4C54c5ccccc5-c5c4ccc4ccccc54)c3)cc(-c3ccccn3)n2)=C1. The van der Waals surface area contributed by atoms with Crippen LogP contribution >= 0.6 is 11.8 Å². The molecule has 0 bridgehead atoms. The van der Waals surface area contributed by atoms with E-state index in [0.717, 1.165) is 52.4 Å². The molecule has 1 atom stereocenters. The highest BCUT2D eigenvalue weighted by Gasteiger charge is 2.50. The Bertz CT molecular complexity index is 2870. The van der Waals surface area contributed by atoms with Crippen LogP contribution in [0.1, 0.15) is 40.9 Å². The highest BCUT2D eigenvalue weighted by Crippen LogP contribution is 2.63. The van der Waals surface area contributed by atoms with Gasteiger partial charge in [-0.1, -0.05) is 145 Å². The fourth-order valence-electron chi connectivity index (χ4n) is 8.88. The molecular formula is C50H33N3S. The molecule has 254 valence electrons. The largest absolute Gasteiger partial charge is 0.255 e. The van der Waals surface area contributed by atoms with E-state index in [2.05, 4.69) is 157 Å². The molecule has 0 saturated carbocycles. The quantitative estimate of drug-likeness (QED) is 0.183. The van der Waals surface area contributed by atoms with Gasteiger partial charge in [0.25, 0.3) is 0 Å². The minimum absolute atomic E-state index is 0.421. The van der Waals surface area contributed by atoms with Gasteiger partial charge in [0, 0.05) is 21.6 Å². The van der Waals surface area contributed by atoms with E-state index in [1.807, 2.05) is 36.2 Å². The monoisotopic (exact) mass is 707 g/mol. The number of nitrogens with zero attached hydrogens (tertiary/aromatic N) is 3. The van der Waals surface area contributed by atoms with Crippen LogP contribution < -0.4 is 0 Å². The van der Waals surface area contributed by atoms with Gasteiger partial charge in [0.05, 0.1) is 22.5 Å². The van der Waals surface area contributed by atoms with Crippen molar-refractivity contribution in [1.82, 2.24) is 15.0 Å². The topological polar surface area (TPSA) is 38.7 Å². The third kappa shape index (κ3) is 4.73. The number of aromatic nitrogens is 3. The van der Waals surface area contributed by atoms with Crippen molar-refractivity contribution in [3.8, 4) is 44.9 Å². The van der Waals surface area contributed by atoms with Crippen LogP contribution in [0.3, 0.4) is 0 Å². The van der Waals surface area contributed by atoms with Crippen molar-refractivity contribution < 1.29 is 0 Å². The van der Waals surface area contributed by atoms with Gasteiger partial charge < -0.3 is 0 Å². The maximum atomic E-state index is 5.15. The van der Waals surface area contributed by atoms with Crippen molar-refractivity contribution >= 4 is 28.1 Å². The molecule has 3 heterocycles. The predicted octanol–water partition coefficient (Wildman–Crippen LogP) is 12.6. The lowest BCUT2D eigenvalue weighted by Crippen LogP contribution is -2.31. The Morgan fingerprint density at radius 3 is 2.22 bits per heavy atom. The van der Waals surface area contributed by atoms with Gasteiger partial charge in [-0.15, -0.1) is 0 Å². The lowest BCUT2D eigenvalue weighted by Gasteiger charge is -2.40. The Balaban J connectivity index is 1.08. The Morgan fingerprint density at radius 1 is 0.537 bits per heavy atom. The second kappa shape index (κ2) is 12.4. The summed E-state index contributed by atoms with van der Waals surface area (Å²) in [5, 5.41) is 2.58. The van der Waals surface area contributed by atoms with Crippen LogP contribution in [-0.4, -0.2) is 15.0 Å². The summed E-state index contributed by atoms with van der Waals surface area (Å²) in [6.45, 7) is 0. The van der Waals surface area contributed by atoms with E-state index in [4.69, 9.17) is 9.97 Å². The summed E-state index contributed by atoms with van der Waals surface area (Å²) in [5.74, 6) is 0.766. The van der Waals surface area contributed by atoms with E-state index < -0.39 is 5.41 Å². The minimum atomic E-state index is -0.421. The van der Waals surface area contributed by atoms with Gasteiger partial charge in [0.15, 0.2) is 5.82 Å². The van der Waals surface area contributed by atoms with E-state index in [1.165, 1.54) is 59.5 Å². The van der Waals surface area contributed by atoms with Gasteiger partial charge in [-0.2, -0.15) is 0 Å². The number of hydrogen-bond acceptors (Lipinski definition) is 4. The Kier molecular flexibility index (Phi) is 7.14. The first-order chi connectivity index (χ1) is 26.8. The molecule has 6 aromatic carbocycles. The van der Waals surface area contributed by atoms with Crippen molar-refractivity contribution in [2.45, 2.75) is 28.0 Å². The van der Waals surface area contributed by atoms with Gasteiger partial charge in [0.2, 0.25) is 0 Å². The van der Waals surface area contributed by atoms with Gasteiger partial charge in [0.1, 0.15) is 0 Å². The van der Waals surface area contributed by atoms with Crippen LogP contribution in [0.4, 0.5) is 0 Å². The van der Waals surface area contributed by atoms with Crippen LogP contribution in [-0.2, 0) is 5.41 Å². The summed E-state index contributed by atoms with van der Waals surface area (Å²) in [6, 6.07) is 55.5. The number of benzene rings is 6.